The number of benzene rings is 2. The normalized spacial score (nSPS) is 15.9. The molecule has 1 aliphatic rings. The summed E-state index contributed by atoms with van der Waals surface area (Å²) >= 11 is 14.7. The van der Waals surface area contributed by atoms with Gasteiger partial charge in [0.15, 0.2) is 16.6 Å². The van der Waals surface area contributed by atoms with Crippen LogP contribution in [0.5, 0.6) is 11.5 Å². The average Bonchev–Trinajstić information content (AvgIpc) is 2.70. The average molecular weight is 510 g/mol. The molecule has 0 unspecified atom stereocenters. The molecular formula is C21H18BrClN2O4S. The second-order valence-electron chi connectivity index (χ2n) is 6.28. The summed E-state index contributed by atoms with van der Waals surface area (Å²) in [6, 6.07) is 9.64. The molecule has 2 aromatic carbocycles. The Morgan fingerprint density at radius 2 is 1.83 bits per heavy atom. The highest BCUT2D eigenvalue weighted by Gasteiger charge is 2.39. The van der Waals surface area contributed by atoms with Gasteiger partial charge in [0.2, 0.25) is 0 Å². The van der Waals surface area contributed by atoms with Crippen LogP contribution in [-0.2, 0) is 9.59 Å². The third kappa shape index (κ3) is 4.21. The number of nitrogens with zero attached hydrogens (tertiary/aromatic N) is 2. The number of likely N-dealkylation sites (N-methyl/N-ethyl adjacent to an activating group) is 1. The molecule has 30 heavy (non-hydrogen) atoms. The molecule has 0 aromatic heterocycles. The first kappa shape index (κ1) is 22.3. The molecule has 156 valence electrons. The van der Waals surface area contributed by atoms with Crippen molar-refractivity contribution in [3.8, 4) is 11.5 Å². The summed E-state index contributed by atoms with van der Waals surface area (Å²) in [4.78, 5) is 28.9. The number of anilines is 1. The number of hydrogen-bond donors (Lipinski definition) is 1. The van der Waals surface area contributed by atoms with Crippen molar-refractivity contribution in [2.45, 2.75) is 13.8 Å². The van der Waals surface area contributed by atoms with Gasteiger partial charge < -0.3 is 9.84 Å². The zero-order valence-corrected chi connectivity index (χ0v) is 19.3. The molecule has 0 atom stereocenters. The topological polar surface area (TPSA) is 70.1 Å². The highest BCUT2D eigenvalue weighted by atomic mass is 79.9. The molecule has 0 bridgehead atoms. The van der Waals surface area contributed by atoms with Gasteiger partial charge in [0, 0.05) is 16.0 Å². The Kier molecular flexibility index (Phi) is 6.80. The second kappa shape index (κ2) is 9.16. The zero-order valence-electron chi connectivity index (χ0n) is 16.2. The predicted octanol–water partition coefficient (Wildman–Crippen LogP) is 4.77. The molecule has 6 nitrogen and oxygen atoms in total. The molecule has 0 aliphatic carbocycles. The summed E-state index contributed by atoms with van der Waals surface area (Å²) in [7, 11) is 0. The Morgan fingerprint density at radius 3 is 2.43 bits per heavy atom. The first-order valence-electron chi connectivity index (χ1n) is 9.11. The molecule has 2 amide bonds. The van der Waals surface area contributed by atoms with E-state index in [1.54, 1.807) is 44.2 Å². The molecule has 0 radical (unpaired) electrons. The van der Waals surface area contributed by atoms with Gasteiger partial charge in [-0.3, -0.25) is 19.4 Å². The Labute approximate surface area is 192 Å². The third-order valence-electron chi connectivity index (χ3n) is 4.41. The van der Waals surface area contributed by atoms with Crippen molar-refractivity contribution in [3.63, 3.8) is 0 Å². The van der Waals surface area contributed by atoms with Crippen molar-refractivity contribution in [1.29, 1.82) is 0 Å². The summed E-state index contributed by atoms with van der Waals surface area (Å²) in [6.07, 6.45) is 1.46. The van der Waals surface area contributed by atoms with Crippen LogP contribution in [-0.4, -0.2) is 40.1 Å². The van der Waals surface area contributed by atoms with E-state index in [2.05, 4.69) is 15.9 Å². The standard InChI is InChI=1S/C21H18BrClN2O4S/c1-3-24-19(27)15(9-12-10-18(29-4-2)17(26)11-16(12)22)20(28)25(21(24)30)14-7-5-13(23)6-8-14/h5-11,26H,3-4H2,1-2H3/b15-9+. The molecule has 0 spiro atoms. The van der Waals surface area contributed by atoms with Gasteiger partial charge in [0.25, 0.3) is 11.8 Å². The highest BCUT2D eigenvalue weighted by Crippen LogP contribution is 2.35. The Morgan fingerprint density at radius 1 is 1.17 bits per heavy atom. The number of ether oxygens (including phenoxy) is 1. The molecule has 1 aliphatic heterocycles. The van der Waals surface area contributed by atoms with Crippen LogP contribution in [0, 0.1) is 0 Å². The van der Waals surface area contributed by atoms with Crippen LogP contribution in [0.25, 0.3) is 6.08 Å². The Balaban J connectivity index is 2.12. The fourth-order valence-electron chi connectivity index (χ4n) is 2.97. The lowest BCUT2D eigenvalue weighted by Gasteiger charge is -2.36. The van der Waals surface area contributed by atoms with Gasteiger partial charge in [0.1, 0.15) is 5.57 Å². The molecule has 3 rings (SSSR count). The Bertz CT molecular complexity index is 1060. The summed E-state index contributed by atoms with van der Waals surface area (Å²) in [6.45, 7) is 4.22. The lowest BCUT2D eigenvalue weighted by molar-refractivity contribution is -0.127. The maximum atomic E-state index is 13.3. The van der Waals surface area contributed by atoms with E-state index in [1.807, 2.05) is 0 Å². The van der Waals surface area contributed by atoms with Gasteiger partial charge >= 0.3 is 0 Å². The smallest absolute Gasteiger partial charge is 0.270 e. The van der Waals surface area contributed by atoms with Crippen LogP contribution in [0.4, 0.5) is 5.69 Å². The molecule has 1 heterocycles. The fraction of sp³-hybridized carbons (Fsp3) is 0.190. The van der Waals surface area contributed by atoms with Crippen molar-refractivity contribution in [2.75, 3.05) is 18.1 Å². The monoisotopic (exact) mass is 508 g/mol. The van der Waals surface area contributed by atoms with Crippen molar-refractivity contribution >= 4 is 68.4 Å². The number of aromatic hydroxyl groups is 1. The van der Waals surface area contributed by atoms with Crippen molar-refractivity contribution in [1.82, 2.24) is 4.90 Å². The zero-order chi connectivity index (χ0) is 22.0. The van der Waals surface area contributed by atoms with Crippen LogP contribution in [0.15, 0.2) is 46.4 Å². The number of halogens is 2. The van der Waals surface area contributed by atoms with Crippen LogP contribution in [0.2, 0.25) is 5.02 Å². The second-order valence-corrected chi connectivity index (χ2v) is 7.94. The lowest BCUT2D eigenvalue weighted by atomic mass is 10.1. The summed E-state index contributed by atoms with van der Waals surface area (Å²) in [5.41, 5.74) is 0.952. The largest absolute Gasteiger partial charge is 0.504 e. The third-order valence-corrected chi connectivity index (χ3v) is 5.75. The number of thiocarbonyl (C=S) groups is 1. The van der Waals surface area contributed by atoms with E-state index in [1.165, 1.54) is 21.9 Å². The van der Waals surface area contributed by atoms with Crippen molar-refractivity contribution in [3.05, 3.63) is 57.0 Å². The van der Waals surface area contributed by atoms with Gasteiger partial charge in [-0.15, -0.1) is 0 Å². The van der Waals surface area contributed by atoms with Gasteiger partial charge in [0.05, 0.1) is 12.3 Å². The quantitative estimate of drug-likeness (QED) is 0.357. The minimum absolute atomic E-state index is 0.0497. The number of carbonyl (C=O) groups is 2. The maximum absolute atomic E-state index is 13.3. The summed E-state index contributed by atoms with van der Waals surface area (Å²) in [5.74, 6) is -0.836. The minimum Gasteiger partial charge on any atom is -0.504 e. The summed E-state index contributed by atoms with van der Waals surface area (Å²) < 4.78 is 5.92. The van der Waals surface area contributed by atoms with E-state index in [-0.39, 0.29) is 22.2 Å². The minimum atomic E-state index is -0.546. The lowest BCUT2D eigenvalue weighted by Crippen LogP contribution is -2.56. The maximum Gasteiger partial charge on any atom is 0.270 e. The SMILES string of the molecule is CCOc1cc(/C=C2\C(=O)N(CC)C(=S)N(c3ccc(Cl)cc3)C2=O)c(Br)cc1O. The number of carbonyl (C=O) groups excluding carboxylic acids is 2. The van der Waals surface area contributed by atoms with E-state index in [0.29, 0.717) is 33.9 Å². The van der Waals surface area contributed by atoms with E-state index < -0.39 is 11.8 Å². The first-order chi connectivity index (χ1) is 14.3. The van der Waals surface area contributed by atoms with Crippen LogP contribution in [0.1, 0.15) is 19.4 Å². The Hall–Kier alpha value is -2.42. The van der Waals surface area contributed by atoms with Gasteiger partial charge in [-0.25, -0.2) is 0 Å². The molecule has 1 saturated heterocycles. The van der Waals surface area contributed by atoms with E-state index in [0.717, 1.165) is 0 Å². The van der Waals surface area contributed by atoms with Gasteiger partial charge in [-0.05, 0) is 74.1 Å². The van der Waals surface area contributed by atoms with Crippen molar-refractivity contribution < 1.29 is 19.4 Å². The number of amides is 2. The van der Waals surface area contributed by atoms with Crippen LogP contribution in [0.3, 0.4) is 0 Å². The molecule has 2 aromatic rings. The molecule has 1 N–H and O–H groups in total. The fourth-order valence-corrected chi connectivity index (χ4v) is 3.94. The number of hydrogen-bond acceptors (Lipinski definition) is 5. The predicted molar refractivity (Wildman–Crippen MR) is 124 cm³/mol. The molecule has 1 fully saturated rings. The molecule has 0 saturated carbocycles. The van der Waals surface area contributed by atoms with E-state index >= 15 is 0 Å². The summed E-state index contributed by atoms with van der Waals surface area (Å²) in [5, 5.41) is 10.7. The number of phenolic OH excluding ortho intramolecular Hbond substituents is 1. The van der Waals surface area contributed by atoms with E-state index in [4.69, 9.17) is 28.6 Å². The molecule has 9 heteroatoms. The van der Waals surface area contributed by atoms with Crippen molar-refractivity contribution in [2.24, 2.45) is 0 Å². The first-order valence-corrected chi connectivity index (χ1v) is 10.7. The number of rotatable bonds is 5. The van der Waals surface area contributed by atoms with Crippen LogP contribution >= 0.6 is 39.7 Å². The number of phenols is 1. The molecular weight excluding hydrogens is 492 g/mol. The van der Waals surface area contributed by atoms with Gasteiger partial charge in [-0.2, -0.15) is 0 Å². The van der Waals surface area contributed by atoms with Crippen LogP contribution < -0.4 is 9.64 Å². The highest BCUT2D eigenvalue weighted by molar-refractivity contribution is 9.10. The van der Waals surface area contributed by atoms with Gasteiger partial charge in [-0.1, -0.05) is 27.5 Å². The van der Waals surface area contributed by atoms with E-state index in [9.17, 15) is 14.7 Å².